The Morgan fingerprint density at radius 3 is 2.33 bits per heavy atom. The normalized spacial score (nSPS) is 14.3. The van der Waals surface area contributed by atoms with Crippen LogP contribution in [-0.2, 0) is 0 Å². The van der Waals surface area contributed by atoms with Gasteiger partial charge in [-0.3, -0.25) is 0 Å². The molecule has 0 nitrogen and oxygen atoms in total. The summed E-state index contributed by atoms with van der Waals surface area (Å²) in [6, 6.07) is 0. The van der Waals surface area contributed by atoms with Crippen LogP contribution in [0.3, 0.4) is 0 Å². The second kappa shape index (κ2) is 5.50. The Bertz CT molecular complexity index is 63.9. The van der Waals surface area contributed by atoms with E-state index in [1.165, 1.54) is 18.7 Å². The van der Waals surface area contributed by atoms with Gasteiger partial charge in [0.15, 0.2) is 0 Å². The van der Waals surface area contributed by atoms with Crippen LogP contribution in [0.1, 0.15) is 27.2 Å². The quantitative estimate of drug-likeness (QED) is 0.559. The van der Waals surface area contributed by atoms with Gasteiger partial charge in [-0.1, -0.05) is 32.0 Å². The van der Waals surface area contributed by atoms with Crippen molar-refractivity contribution in [3.63, 3.8) is 0 Å². The van der Waals surface area contributed by atoms with E-state index in [1.54, 1.807) is 0 Å². The van der Waals surface area contributed by atoms with Crippen molar-refractivity contribution in [3.05, 3.63) is 0 Å². The third-order valence-corrected chi connectivity index (χ3v) is 3.95. The first kappa shape index (κ1) is 9.72. The summed E-state index contributed by atoms with van der Waals surface area (Å²) >= 11 is 5.97. The zero-order chi connectivity index (χ0) is 7.28. The predicted molar refractivity (Wildman–Crippen MR) is 47.6 cm³/mol. The molecule has 56 valence electrons. The van der Waals surface area contributed by atoms with Crippen molar-refractivity contribution in [1.29, 1.82) is 0 Å². The zero-order valence-corrected chi connectivity index (χ0v) is 8.17. The molecule has 0 bridgehead atoms. The van der Waals surface area contributed by atoms with Gasteiger partial charge in [0.2, 0.25) is 0 Å². The van der Waals surface area contributed by atoms with Crippen molar-refractivity contribution >= 4 is 18.5 Å². The van der Waals surface area contributed by atoms with E-state index in [1.807, 2.05) is 0 Å². The second-order valence-corrected chi connectivity index (χ2v) is 6.12. The van der Waals surface area contributed by atoms with Crippen molar-refractivity contribution in [2.24, 2.45) is 5.92 Å². The Labute approximate surface area is 64.5 Å². The van der Waals surface area contributed by atoms with Gasteiger partial charge in [0, 0.05) is 0 Å². The van der Waals surface area contributed by atoms with Gasteiger partial charge in [-0.25, -0.2) is 0 Å². The molecule has 0 saturated carbocycles. The highest BCUT2D eigenvalue weighted by Gasteiger charge is 2.01. The standard InChI is InChI=1S/C7H16ClP/c1-4-9(8)6-5-7(2)3/h7H,4-6H2,1-3H3. The molecule has 0 aliphatic heterocycles. The maximum absolute atomic E-state index is 5.97. The summed E-state index contributed by atoms with van der Waals surface area (Å²) in [4.78, 5) is 0. The highest BCUT2D eigenvalue weighted by Crippen LogP contribution is 2.41. The molecule has 0 aromatic rings. The van der Waals surface area contributed by atoms with Gasteiger partial charge < -0.3 is 0 Å². The molecule has 1 unspecified atom stereocenters. The van der Waals surface area contributed by atoms with Crippen molar-refractivity contribution in [1.82, 2.24) is 0 Å². The van der Waals surface area contributed by atoms with E-state index < -0.39 is 0 Å². The van der Waals surface area contributed by atoms with Crippen LogP contribution in [0.25, 0.3) is 0 Å². The molecule has 0 saturated heterocycles. The van der Waals surface area contributed by atoms with Gasteiger partial charge in [0.05, 0.1) is 0 Å². The molecule has 0 rings (SSSR count). The highest BCUT2D eigenvalue weighted by atomic mass is 35.7. The van der Waals surface area contributed by atoms with E-state index in [0.717, 1.165) is 5.92 Å². The Balaban J connectivity index is 3.06. The summed E-state index contributed by atoms with van der Waals surface area (Å²) in [5, 5.41) is 0. The first-order chi connectivity index (χ1) is 4.16. The van der Waals surface area contributed by atoms with Gasteiger partial charge in [-0.15, -0.1) is 0 Å². The summed E-state index contributed by atoms with van der Waals surface area (Å²) in [6.07, 6.45) is 3.71. The minimum Gasteiger partial charge on any atom is -0.0964 e. The summed E-state index contributed by atoms with van der Waals surface area (Å²) in [6.45, 7) is 6.66. The van der Waals surface area contributed by atoms with E-state index in [9.17, 15) is 0 Å². The van der Waals surface area contributed by atoms with Crippen molar-refractivity contribution in [3.8, 4) is 0 Å². The Morgan fingerprint density at radius 2 is 2.00 bits per heavy atom. The Kier molecular flexibility index (Phi) is 5.94. The van der Waals surface area contributed by atoms with Crippen LogP contribution in [0.2, 0.25) is 0 Å². The van der Waals surface area contributed by atoms with E-state index >= 15 is 0 Å². The maximum Gasteiger partial charge on any atom is -0.0100 e. The molecule has 0 aliphatic rings. The van der Waals surface area contributed by atoms with Gasteiger partial charge >= 0.3 is 0 Å². The highest BCUT2D eigenvalue weighted by molar-refractivity contribution is 7.83. The smallest absolute Gasteiger partial charge is 0.0100 e. The van der Waals surface area contributed by atoms with E-state index in [-0.39, 0.29) is 7.27 Å². The lowest BCUT2D eigenvalue weighted by molar-refractivity contribution is 0.630. The minimum atomic E-state index is -0.139. The molecule has 9 heavy (non-hydrogen) atoms. The van der Waals surface area contributed by atoms with Crippen molar-refractivity contribution in [2.75, 3.05) is 12.3 Å². The summed E-state index contributed by atoms with van der Waals surface area (Å²) in [5.41, 5.74) is 0. The SMILES string of the molecule is CCP(Cl)CCC(C)C. The number of hydrogen-bond donors (Lipinski definition) is 0. The molecule has 0 N–H and O–H groups in total. The monoisotopic (exact) mass is 166 g/mol. The fourth-order valence-corrected chi connectivity index (χ4v) is 1.96. The van der Waals surface area contributed by atoms with Gasteiger partial charge in [-0.2, -0.15) is 0 Å². The molecular weight excluding hydrogens is 151 g/mol. The largest absolute Gasteiger partial charge is 0.0964 e. The molecule has 0 heterocycles. The van der Waals surface area contributed by atoms with Crippen LogP contribution in [0.15, 0.2) is 0 Å². The number of halogens is 1. The Hall–Kier alpha value is 0.720. The van der Waals surface area contributed by atoms with Crippen molar-refractivity contribution < 1.29 is 0 Å². The van der Waals surface area contributed by atoms with Crippen molar-refractivity contribution in [2.45, 2.75) is 27.2 Å². The molecular formula is C7H16ClP. The lowest BCUT2D eigenvalue weighted by Gasteiger charge is -2.07. The fourth-order valence-electron chi connectivity index (χ4n) is 0.556. The van der Waals surface area contributed by atoms with E-state index in [0.29, 0.717) is 0 Å². The average molecular weight is 167 g/mol. The topological polar surface area (TPSA) is 0 Å². The molecule has 0 fully saturated rings. The Morgan fingerprint density at radius 1 is 1.44 bits per heavy atom. The van der Waals surface area contributed by atoms with E-state index in [4.69, 9.17) is 11.2 Å². The van der Waals surface area contributed by atoms with Crippen LogP contribution >= 0.6 is 18.5 Å². The summed E-state index contributed by atoms with van der Waals surface area (Å²) in [5.74, 6) is 0.820. The lowest BCUT2D eigenvalue weighted by atomic mass is 10.2. The first-order valence-corrected chi connectivity index (χ1v) is 6.19. The first-order valence-electron chi connectivity index (χ1n) is 3.57. The molecule has 2 heteroatoms. The number of rotatable bonds is 4. The number of hydrogen-bond acceptors (Lipinski definition) is 0. The van der Waals surface area contributed by atoms with Crippen LogP contribution in [0.5, 0.6) is 0 Å². The predicted octanol–water partition coefficient (Wildman–Crippen LogP) is 3.69. The summed E-state index contributed by atoms with van der Waals surface area (Å²) < 4.78 is 0. The molecule has 0 aromatic carbocycles. The molecule has 0 aromatic heterocycles. The third-order valence-electron chi connectivity index (χ3n) is 1.29. The zero-order valence-electron chi connectivity index (χ0n) is 6.52. The van der Waals surface area contributed by atoms with Crippen LogP contribution in [-0.4, -0.2) is 12.3 Å². The molecule has 0 spiro atoms. The van der Waals surface area contributed by atoms with Crippen LogP contribution in [0, 0.1) is 5.92 Å². The molecule has 0 radical (unpaired) electrons. The van der Waals surface area contributed by atoms with Crippen LogP contribution < -0.4 is 0 Å². The molecule has 0 amide bonds. The third kappa shape index (κ3) is 6.61. The average Bonchev–Trinajstić information content (AvgIpc) is 1.83. The second-order valence-electron chi connectivity index (χ2n) is 2.69. The summed E-state index contributed by atoms with van der Waals surface area (Å²) in [7, 11) is -0.139. The minimum absolute atomic E-state index is 0.139. The van der Waals surface area contributed by atoms with E-state index in [2.05, 4.69) is 20.8 Å². The molecule has 0 aliphatic carbocycles. The molecule has 1 atom stereocenters. The fraction of sp³-hybridized carbons (Fsp3) is 1.00. The maximum atomic E-state index is 5.97. The van der Waals surface area contributed by atoms with Gasteiger partial charge in [0.1, 0.15) is 0 Å². The van der Waals surface area contributed by atoms with Gasteiger partial charge in [-0.05, 0) is 31.9 Å². The van der Waals surface area contributed by atoms with Gasteiger partial charge in [0.25, 0.3) is 0 Å². The van der Waals surface area contributed by atoms with Crippen LogP contribution in [0.4, 0.5) is 0 Å². The lowest BCUT2D eigenvalue weighted by Crippen LogP contribution is -1.90.